The highest BCUT2D eigenvalue weighted by molar-refractivity contribution is 7.89. The smallest absolute Gasteiger partial charge is 0.387 e. The Balaban J connectivity index is 2.66. The summed E-state index contributed by atoms with van der Waals surface area (Å²) in [6.45, 7) is 3.21. The second-order valence-corrected chi connectivity index (χ2v) is 7.01. The molecule has 0 aliphatic carbocycles. The van der Waals surface area contributed by atoms with Crippen LogP contribution in [0.2, 0.25) is 0 Å². The molecule has 0 aliphatic rings. The summed E-state index contributed by atoms with van der Waals surface area (Å²) in [4.78, 5) is 0. The topological polar surface area (TPSA) is 66.4 Å². The van der Waals surface area contributed by atoms with Crippen LogP contribution in [-0.4, -0.2) is 25.8 Å². The first-order valence-electron chi connectivity index (χ1n) is 6.34. The summed E-state index contributed by atoms with van der Waals surface area (Å²) in [6.07, 6.45) is -5.64. The molecule has 1 aromatic rings. The summed E-state index contributed by atoms with van der Waals surface area (Å²) in [5.41, 5.74) is -0.603. The van der Waals surface area contributed by atoms with Crippen molar-refractivity contribution in [2.24, 2.45) is 5.92 Å². The molecule has 0 saturated carbocycles. The molecule has 0 fully saturated rings. The zero-order chi connectivity index (χ0) is 16.3. The Hall–Kier alpha value is -1.12. The summed E-state index contributed by atoms with van der Waals surface area (Å²) in [7, 11) is -3.51. The van der Waals surface area contributed by atoms with E-state index in [9.17, 15) is 26.7 Å². The average Bonchev–Trinajstić information content (AvgIpc) is 2.33. The van der Waals surface area contributed by atoms with Gasteiger partial charge >= 0.3 is 6.18 Å². The van der Waals surface area contributed by atoms with Gasteiger partial charge in [0.05, 0.1) is 17.4 Å². The number of rotatable bonds is 6. The van der Waals surface area contributed by atoms with Crippen LogP contribution in [0.25, 0.3) is 0 Å². The van der Waals surface area contributed by atoms with Crippen LogP contribution in [0.3, 0.4) is 0 Å². The molecule has 0 spiro atoms. The summed E-state index contributed by atoms with van der Waals surface area (Å²) in [5.74, 6) is -0.141. The van der Waals surface area contributed by atoms with E-state index in [4.69, 9.17) is 0 Å². The predicted octanol–water partition coefficient (Wildman–Crippen LogP) is 2.31. The first-order valence-corrected chi connectivity index (χ1v) is 7.99. The van der Waals surface area contributed by atoms with E-state index < -0.39 is 27.9 Å². The molecule has 0 aromatic heterocycles. The number of nitrogens with one attached hydrogen (secondary N) is 1. The van der Waals surface area contributed by atoms with E-state index in [1.807, 2.05) is 0 Å². The molecule has 1 atom stereocenters. The van der Waals surface area contributed by atoms with E-state index in [-0.39, 0.29) is 23.8 Å². The summed E-state index contributed by atoms with van der Waals surface area (Å²) < 4.78 is 62.6. The number of hydrogen-bond donors (Lipinski definition) is 2. The van der Waals surface area contributed by atoms with Crippen molar-refractivity contribution in [3.63, 3.8) is 0 Å². The van der Waals surface area contributed by atoms with Crippen LogP contribution in [0.4, 0.5) is 13.2 Å². The quantitative estimate of drug-likeness (QED) is 0.843. The maximum atomic E-state index is 12.4. The molecule has 0 radical (unpaired) electrons. The maximum absolute atomic E-state index is 12.4. The molecule has 0 heterocycles. The Kier molecular flexibility index (Phi) is 5.77. The van der Waals surface area contributed by atoms with Gasteiger partial charge < -0.3 is 5.11 Å². The molecule has 0 bridgehead atoms. The third kappa shape index (κ3) is 6.03. The van der Waals surface area contributed by atoms with Gasteiger partial charge in [0.15, 0.2) is 0 Å². The number of benzene rings is 1. The van der Waals surface area contributed by atoms with Crippen molar-refractivity contribution in [3.05, 3.63) is 35.4 Å². The van der Waals surface area contributed by atoms with Crippen molar-refractivity contribution < 1.29 is 26.7 Å². The lowest BCUT2D eigenvalue weighted by Crippen LogP contribution is -2.32. The molecule has 2 N–H and O–H groups in total. The third-order valence-corrected chi connectivity index (χ3v) is 4.38. The Morgan fingerprint density at radius 2 is 1.71 bits per heavy atom. The first-order chi connectivity index (χ1) is 9.51. The van der Waals surface area contributed by atoms with E-state index in [1.54, 1.807) is 13.8 Å². The van der Waals surface area contributed by atoms with Gasteiger partial charge in [-0.15, -0.1) is 0 Å². The highest BCUT2D eigenvalue weighted by Crippen LogP contribution is 2.29. The minimum atomic E-state index is -4.44. The molecule has 1 rings (SSSR count). The van der Waals surface area contributed by atoms with Gasteiger partial charge in [0.1, 0.15) is 0 Å². The summed E-state index contributed by atoms with van der Waals surface area (Å²) in [6, 6.07) is 3.96. The minimum Gasteiger partial charge on any atom is -0.387 e. The third-order valence-electron chi connectivity index (χ3n) is 2.67. The number of sulfonamides is 1. The second-order valence-electron chi connectivity index (χ2n) is 5.16. The zero-order valence-electron chi connectivity index (χ0n) is 11.7. The Labute approximate surface area is 122 Å². The Bertz CT molecular complexity index is 553. The Morgan fingerprint density at radius 3 is 2.14 bits per heavy atom. The molecule has 8 heteroatoms. The molecule has 0 amide bonds. The molecule has 21 heavy (non-hydrogen) atoms. The van der Waals surface area contributed by atoms with Crippen LogP contribution in [0.5, 0.6) is 0 Å². The van der Waals surface area contributed by atoms with Crippen LogP contribution >= 0.6 is 0 Å². The standard InChI is InChI=1S/C13H18F3NO3S/c1-9(2)8-21(19,20)17-7-12(18)10-3-5-11(6-4-10)13(14,15)16/h3-6,9,12,17-18H,7-8H2,1-2H3/t12-/m1/s1. The number of aliphatic hydroxyl groups excluding tert-OH is 1. The van der Waals surface area contributed by atoms with Gasteiger partial charge in [-0.3, -0.25) is 0 Å². The number of halogens is 3. The first kappa shape index (κ1) is 17.9. The van der Waals surface area contributed by atoms with Gasteiger partial charge in [0.2, 0.25) is 10.0 Å². The van der Waals surface area contributed by atoms with Crippen LogP contribution in [0, 0.1) is 5.92 Å². The van der Waals surface area contributed by atoms with Crippen molar-refractivity contribution in [1.29, 1.82) is 0 Å². The largest absolute Gasteiger partial charge is 0.416 e. The predicted molar refractivity (Wildman–Crippen MR) is 73.0 cm³/mol. The van der Waals surface area contributed by atoms with Crippen molar-refractivity contribution in [2.45, 2.75) is 26.1 Å². The lowest BCUT2D eigenvalue weighted by Gasteiger charge is -2.14. The van der Waals surface area contributed by atoms with Gasteiger partial charge in [-0.05, 0) is 23.6 Å². The lowest BCUT2D eigenvalue weighted by atomic mass is 10.1. The molecular weight excluding hydrogens is 307 g/mol. The fraction of sp³-hybridized carbons (Fsp3) is 0.538. The molecule has 0 unspecified atom stereocenters. The molecule has 1 aromatic carbocycles. The average molecular weight is 325 g/mol. The molecule has 120 valence electrons. The van der Waals surface area contributed by atoms with E-state index >= 15 is 0 Å². The normalized spacial score (nSPS) is 14.4. The SMILES string of the molecule is CC(C)CS(=O)(=O)NC[C@@H](O)c1ccc(C(F)(F)F)cc1. The summed E-state index contributed by atoms with van der Waals surface area (Å²) >= 11 is 0. The Morgan fingerprint density at radius 1 is 1.19 bits per heavy atom. The van der Waals surface area contributed by atoms with Crippen LogP contribution in [0.1, 0.15) is 31.1 Å². The zero-order valence-corrected chi connectivity index (χ0v) is 12.5. The van der Waals surface area contributed by atoms with Gasteiger partial charge in [0, 0.05) is 6.54 Å². The summed E-state index contributed by atoms with van der Waals surface area (Å²) in [5, 5.41) is 9.80. The van der Waals surface area contributed by atoms with E-state index in [0.717, 1.165) is 24.3 Å². The van der Waals surface area contributed by atoms with Gasteiger partial charge in [-0.1, -0.05) is 26.0 Å². The van der Waals surface area contributed by atoms with Gasteiger partial charge in [0.25, 0.3) is 0 Å². The monoisotopic (exact) mass is 325 g/mol. The van der Waals surface area contributed by atoms with E-state index in [2.05, 4.69) is 4.72 Å². The lowest BCUT2D eigenvalue weighted by molar-refractivity contribution is -0.137. The van der Waals surface area contributed by atoms with Crippen LogP contribution < -0.4 is 4.72 Å². The van der Waals surface area contributed by atoms with Crippen LogP contribution in [0.15, 0.2) is 24.3 Å². The fourth-order valence-corrected chi connectivity index (χ4v) is 3.12. The number of hydrogen-bond acceptors (Lipinski definition) is 3. The maximum Gasteiger partial charge on any atom is 0.416 e. The highest BCUT2D eigenvalue weighted by atomic mass is 32.2. The minimum absolute atomic E-state index is 0.0642. The van der Waals surface area contributed by atoms with Crippen molar-refractivity contribution in [1.82, 2.24) is 4.72 Å². The molecular formula is C13H18F3NO3S. The molecule has 0 aliphatic heterocycles. The van der Waals surface area contributed by atoms with E-state index in [0.29, 0.717) is 0 Å². The van der Waals surface area contributed by atoms with E-state index in [1.165, 1.54) is 0 Å². The number of alkyl halides is 3. The van der Waals surface area contributed by atoms with Gasteiger partial charge in [-0.2, -0.15) is 13.2 Å². The highest BCUT2D eigenvalue weighted by Gasteiger charge is 2.30. The number of aliphatic hydroxyl groups is 1. The molecule has 0 saturated heterocycles. The van der Waals surface area contributed by atoms with Gasteiger partial charge in [-0.25, -0.2) is 13.1 Å². The van der Waals surface area contributed by atoms with Crippen LogP contribution in [-0.2, 0) is 16.2 Å². The second kappa shape index (κ2) is 6.76. The van der Waals surface area contributed by atoms with Crippen molar-refractivity contribution in [2.75, 3.05) is 12.3 Å². The van der Waals surface area contributed by atoms with Crippen molar-refractivity contribution >= 4 is 10.0 Å². The van der Waals surface area contributed by atoms with Crippen molar-refractivity contribution in [3.8, 4) is 0 Å². The fourth-order valence-electron chi connectivity index (χ4n) is 1.72. The molecule has 4 nitrogen and oxygen atoms in total.